The highest BCUT2D eigenvalue weighted by atomic mass is 16.8. The maximum atomic E-state index is 11.8. The average molecular weight is 290 g/mol. The second-order valence-corrected chi connectivity index (χ2v) is 5.68. The van der Waals surface area contributed by atoms with Gasteiger partial charge in [-0.25, -0.2) is 4.79 Å². The highest BCUT2D eigenvalue weighted by Crippen LogP contribution is 2.42. The standard InChI is InChI=1S/C13H22O7/c1-12(2)19-9-6-13(15,11(14)17-4)5-8(10(9)20-12)18-7-16-3/h8-10,15H,5-7H2,1-4H3/t8-,9-,10+,13-/m1/s1. The number of aliphatic hydroxyl groups is 1. The molecule has 0 spiro atoms. The lowest BCUT2D eigenvalue weighted by molar-refractivity contribution is -0.194. The van der Waals surface area contributed by atoms with Crippen LogP contribution in [-0.4, -0.2) is 61.8 Å². The second-order valence-electron chi connectivity index (χ2n) is 5.68. The maximum Gasteiger partial charge on any atom is 0.338 e. The molecule has 1 heterocycles. The van der Waals surface area contributed by atoms with Gasteiger partial charge in [0.25, 0.3) is 0 Å². The van der Waals surface area contributed by atoms with Crippen molar-refractivity contribution in [2.24, 2.45) is 0 Å². The van der Waals surface area contributed by atoms with Crippen LogP contribution >= 0.6 is 0 Å². The summed E-state index contributed by atoms with van der Waals surface area (Å²) in [6, 6.07) is 0. The number of rotatable bonds is 4. The topological polar surface area (TPSA) is 83.5 Å². The van der Waals surface area contributed by atoms with E-state index < -0.39 is 29.6 Å². The number of hydrogen-bond acceptors (Lipinski definition) is 7. The maximum absolute atomic E-state index is 11.8. The summed E-state index contributed by atoms with van der Waals surface area (Å²) in [5, 5.41) is 10.5. The van der Waals surface area contributed by atoms with Crippen LogP contribution in [0.3, 0.4) is 0 Å². The molecule has 0 bridgehead atoms. The van der Waals surface area contributed by atoms with Crippen LogP contribution in [0.25, 0.3) is 0 Å². The Labute approximate surface area is 118 Å². The van der Waals surface area contributed by atoms with Crippen LogP contribution in [0.4, 0.5) is 0 Å². The predicted octanol–water partition coefficient (Wildman–Crippen LogP) is 0.194. The highest BCUT2D eigenvalue weighted by Gasteiger charge is 2.57. The molecule has 116 valence electrons. The van der Waals surface area contributed by atoms with Crippen molar-refractivity contribution in [1.29, 1.82) is 0 Å². The second kappa shape index (κ2) is 5.57. The van der Waals surface area contributed by atoms with Crippen LogP contribution in [0.1, 0.15) is 26.7 Å². The molecule has 1 aliphatic heterocycles. The van der Waals surface area contributed by atoms with E-state index in [9.17, 15) is 9.90 Å². The highest BCUT2D eigenvalue weighted by molar-refractivity contribution is 5.79. The Morgan fingerprint density at radius 2 is 2.00 bits per heavy atom. The predicted molar refractivity (Wildman–Crippen MR) is 66.8 cm³/mol. The van der Waals surface area contributed by atoms with E-state index in [1.54, 1.807) is 13.8 Å². The molecule has 0 amide bonds. The fraction of sp³-hybridized carbons (Fsp3) is 0.923. The van der Waals surface area contributed by atoms with Crippen LogP contribution in [0.15, 0.2) is 0 Å². The number of ether oxygens (including phenoxy) is 5. The summed E-state index contributed by atoms with van der Waals surface area (Å²) >= 11 is 0. The molecule has 0 aromatic rings. The molecule has 7 nitrogen and oxygen atoms in total. The molecule has 1 saturated heterocycles. The molecule has 0 aromatic heterocycles. The van der Waals surface area contributed by atoms with Crippen molar-refractivity contribution in [1.82, 2.24) is 0 Å². The van der Waals surface area contributed by atoms with Crippen molar-refractivity contribution in [3.8, 4) is 0 Å². The first-order chi connectivity index (χ1) is 9.31. The minimum absolute atomic E-state index is 0.0505. The summed E-state index contributed by atoms with van der Waals surface area (Å²) in [5.41, 5.74) is -1.63. The van der Waals surface area contributed by atoms with Crippen molar-refractivity contribution in [2.45, 2.75) is 56.4 Å². The van der Waals surface area contributed by atoms with E-state index in [4.69, 9.17) is 18.9 Å². The molecular weight excluding hydrogens is 268 g/mol. The molecule has 0 radical (unpaired) electrons. The summed E-state index contributed by atoms with van der Waals surface area (Å²) in [5.74, 6) is -1.46. The van der Waals surface area contributed by atoms with E-state index in [0.717, 1.165) is 0 Å². The Bertz CT molecular complexity index is 370. The Kier molecular flexibility index (Phi) is 4.36. The summed E-state index contributed by atoms with van der Waals surface area (Å²) in [6.07, 6.45) is -1.06. The number of carbonyl (C=O) groups is 1. The van der Waals surface area contributed by atoms with Gasteiger partial charge in [-0.2, -0.15) is 0 Å². The Morgan fingerprint density at radius 3 is 2.60 bits per heavy atom. The molecule has 7 heteroatoms. The third-order valence-corrected chi connectivity index (χ3v) is 3.63. The van der Waals surface area contributed by atoms with Crippen molar-refractivity contribution in [3.05, 3.63) is 0 Å². The van der Waals surface area contributed by atoms with E-state index in [1.807, 2.05) is 0 Å². The third kappa shape index (κ3) is 2.96. The number of fused-ring (bicyclic) bond motifs is 1. The zero-order chi connectivity index (χ0) is 15.0. The van der Waals surface area contributed by atoms with Gasteiger partial charge in [0, 0.05) is 20.0 Å². The first kappa shape index (κ1) is 15.7. The van der Waals surface area contributed by atoms with E-state index in [1.165, 1.54) is 14.2 Å². The van der Waals surface area contributed by atoms with E-state index in [-0.39, 0.29) is 25.7 Å². The Morgan fingerprint density at radius 1 is 1.30 bits per heavy atom. The van der Waals surface area contributed by atoms with Gasteiger partial charge >= 0.3 is 5.97 Å². The summed E-state index contributed by atoms with van der Waals surface area (Å²) in [7, 11) is 2.75. The number of hydrogen-bond donors (Lipinski definition) is 1. The first-order valence-electron chi connectivity index (χ1n) is 6.58. The van der Waals surface area contributed by atoms with Gasteiger partial charge in [-0.15, -0.1) is 0 Å². The van der Waals surface area contributed by atoms with Gasteiger partial charge in [-0.3, -0.25) is 0 Å². The number of esters is 1. The van der Waals surface area contributed by atoms with E-state index in [2.05, 4.69) is 4.74 Å². The summed E-state index contributed by atoms with van der Waals surface area (Å²) in [4.78, 5) is 11.8. The number of methoxy groups -OCH3 is 2. The molecular formula is C13H22O7. The van der Waals surface area contributed by atoms with Gasteiger partial charge in [0.05, 0.1) is 19.3 Å². The Hall–Kier alpha value is -0.730. The smallest absolute Gasteiger partial charge is 0.338 e. The minimum atomic E-state index is -1.63. The minimum Gasteiger partial charge on any atom is -0.467 e. The molecule has 0 unspecified atom stereocenters. The van der Waals surface area contributed by atoms with Gasteiger partial charge < -0.3 is 28.8 Å². The number of carbonyl (C=O) groups excluding carboxylic acids is 1. The summed E-state index contributed by atoms with van der Waals surface area (Å²) in [6.45, 7) is 3.63. The molecule has 20 heavy (non-hydrogen) atoms. The van der Waals surface area contributed by atoms with Gasteiger partial charge in [0.15, 0.2) is 11.4 Å². The van der Waals surface area contributed by atoms with Crippen LogP contribution in [0.5, 0.6) is 0 Å². The zero-order valence-corrected chi connectivity index (χ0v) is 12.3. The normalized spacial score (nSPS) is 39.4. The van der Waals surface area contributed by atoms with E-state index >= 15 is 0 Å². The molecule has 2 fully saturated rings. The molecule has 4 atom stereocenters. The van der Waals surface area contributed by atoms with Crippen LogP contribution in [0, 0.1) is 0 Å². The van der Waals surface area contributed by atoms with Crippen molar-refractivity contribution in [2.75, 3.05) is 21.0 Å². The monoisotopic (exact) mass is 290 g/mol. The quantitative estimate of drug-likeness (QED) is 0.584. The lowest BCUT2D eigenvalue weighted by Gasteiger charge is -2.39. The lowest BCUT2D eigenvalue weighted by Crippen LogP contribution is -2.56. The van der Waals surface area contributed by atoms with Gasteiger partial charge in [0.2, 0.25) is 0 Å². The van der Waals surface area contributed by atoms with Gasteiger partial charge in [0.1, 0.15) is 12.9 Å². The Balaban J connectivity index is 2.18. The zero-order valence-electron chi connectivity index (χ0n) is 12.3. The fourth-order valence-corrected chi connectivity index (χ4v) is 2.87. The van der Waals surface area contributed by atoms with E-state index in [0.29, 0.717) is 0 Å². The van der Waals surface area contributed by atoms with Crippen molar-refractivity contribution < 1.29 is 33.6 Å². The molecule has 0 aromatic carbocycles. The van der Waals surface area contributed by atoms with Crippen LogP contribution < -0.4 is 0 Å². The van der Waals surface area contributed by atoms with Crippen molar-refractivity contribution >= 4 is 5.97 Å². The molecule has 1 N–H and O–H groups in total. The summed E-state index contributed by atoms with van der Waals surface area (Å²) < 4.78 is 26.6. The SMILES string of the molecule is COCO[C@@H]1C[C@](O)(C(=O)OC)C[C@H]2OC(C)(C)O[C@@H]12. The molecule has 2 aliphatic rings. The first-order valence-corrected chi connectivity index (χ1v) is 6.58. The van der Waals surface area contributed by atoms with Gasteiger partial charge in [-0.1, -0.05) is 0 Å². The third-order valence-electron chi connectivity index (χ3n) is 3.63. The van der Waals surface area contributed by atoms with Gasteiger partial charge in [-0.05, 0) is 13.8 Å². The average Bonchev–Trinajstić information content (AvgIpc) is 2.68. The molecule has 1 aliphatic carbocycles. The van der Waals surface area contributed by atoms with Crippen LogP contribution in [0.2, 0.25) is 0 Å². The lowest BCUT2D eigenvalue weighted by atomic mass is 9.79. The van der Waals surface area contributed by atoms with Crippen molar-refractivity contribution in [3.63, 3.8) is 0 Å². The largest absolute Gasteiger partial charge is 0.467 e. The fourth-order valence-electron chi connectivity index (χ4n) is 2.87. The molecule has 1 saturated carbocycles. The molecule has 2 rings (SSSR count). The van der Waals surface area contributed by atoms with Crippen LogP contribution in [-0.2, 0) is 28.5 Å².